The quantitative estimate of drug-likeness (QED) is 0.156. The van der Waals surface area contributed by atoms with Crippen molar-refractivity contribution in [3.63, 3.8) is 0 Å². The normalized spacial score (nSPS) is 17.3. The first-order valence-corrected chi connectivity index (χ1v) is 16.6. The summed E-state index contributed by atoms with van der Waals surface area (Å²) in [6.45, 7) is 3.62. The molecule has 2 aliphatic heterocycles. The number of allylic oxidation sites excluding steroid dienone is 2. The number of piperazine rings is 1. The number of dihydropyridines is 1. The van der Waals surface area contributed by atoms with Gasteiger partial charge in [0.25, 0.3) is 0 Å². The summed E-state index contributed by atoms with van der Waals surface area (Å²) < 4.78 is 70.2. The molecule has 0 bridgehead atoms. The van der Waals surface area contributed by atoms with Crippen molar-refractivity contribution in [3.05, 3.63) is 124 Å². The maximum atomic E-state index is 13.9. The van der Waals surface area contributed by atoms with Crippen molar-refractivity contribution in [1.82, 2.24) is 15.1 Å². The third kappa shape index (κ3) is 8.36. The van der Waals surface area contributed by atoms with Crippen molar-refractivity contribution in [1.29, 1.82) is 0 Å². The number of nitrogens with zero attached hydrogens (tertiary/aromatic N) is 2. The van der Waals surface area contributed by atoms with Crippen LogP contribution < -0.4 is 10.1 Å². The third-order valence-electron chi connectivity index (χ3n) is 9.09. The molecular formula is C38H41F4N3O5. The van der Waals surface area contributed by atoms with Gasteiger partial charge in [-0.3, -0.25) is 9.80 Å². The van der Waals surface area contributed by atoms with Crippen molar-refractivity contribution < 1.29 is 41.4 Å². The average molecular weight is 696 g/mol. The Balaban J connectivity index is 1.31. The summed E-state index contributed by atoms with van der Waals surface area (Å²) in [7, 11) is 1.22. The number of halogens is 4. The maximum Gasteiger partial charge on any atom is 0.387 e. The Morgan fingerprint density at radius 1 is 0.800 bits per heavy atom. The Morgan fingerprint density at radius 2 is 1.34 bits per heavy atom. The number of esters is 2. The van der Waals surface area contributed by atoms with Crippen LogP contribution in [0.4, 0.5) is 17.6 Å². The highest BCUT2D eigenvalue weighted by molar-refractivity contribution is 6.00. The molecule has 3 aromatic rings. The molecule has 1 N–H and O–H groups in total. The van der Waals surface area contributed by atoms with Gasteiger partial charge in [0.15, 0.2) is 0 Å². The number of benzene rings is 3. The lowest BCUT2D eigenvalue weighted by atomic mass is 9.79. The molecule has 1 atom stereocenters. The molecule has 1 saturated heterocycles. The van der Waals surface area contributed by atoms with Crippen LogP contribution in [-0.2, 0) is 19.1 Å². The van der Waals surface area contributed by atoms with Gasteiger partial charge in [0.2, 0.25) is 0 Å². The molecule has 50 heavy (non-hydrogen) atoms. The predicted molar refractivity (Wildman–Crippen MR) is 179 cm³/mol. The van der Waals surface area contributed by atoms with Crippen LogP contribution in [0.3, 0.4) is 0 Å². The summed E-state index contributed by atoms with van der Waals surface area (Å²) in [6, 6.07) is 18.5. The third-order valence-corrected chi connectivity index (χ3v) is 9.09. The molecule has 0 spiro atoms. The van der Waals surface area contributed by atoms with E-state index in [-0.39, 0.29) is 46.7 Å². The maximum absolute atomic E-state index is 13.9. The summed E-state index contributed by atoms with van der Waals surface area (Å²) in [5.41, 5.74) is 3.27. The largest absolute Gasteiger partial charge is 0.466 e. The van der Waals surface area contributed by atoms with E-state index in [1.54, 1.807) is 36.4 Å². The van der Waals surface area contributed by atoms with Crippen LogP contribution in [0.25, 0.3) is 0 Å². The van der Waals surface area contributed by atoms with E-state index in [0.717, 1.165) is 11.1 Å². The van der Waals surface area contributed by atoms with Crippen LogP contribution in [-0.4, -0.2) is 74.8 Å². The van der Waals surface area contributed by atoms with Gasteiger partial charge in [0, 0.05) is 49.7 Å². The number of methoxy groups -OCH3 is 1. The van der Waals surface area contributed by atoms with E-state index >= 15 is 0 Å². The van der Waals surface area contributed by atoms with Crippen LogP contribution in [0, 0.1) is 11.6 Å². The van der Waals surface area contributed by atoms with E-state index in [1.165, 1.54) is 43.5 Å². The number of carbonyl (C=O) groups is 2. The van der Waals surface area contributed by atoms with Crippen LogP contribution in [0.2, 0.25) is 0 Å². The number of nitrogens with one attached hydrogen (secondary N) is 1. The molecule has 1 fully saturated rings. The topological polar surface area (TPSA) is 80.3 Å². The zero-order chi connectivity index (χ0) is 35.8. The summed E-state index contributed by atoms with van der Waals surface area (Å²) in [6.07, 6.45) is 0.766. The predicted octanol–water partition coefficient (Wildman–Crippen LogP) is 6.70. The van der Waals surface area contributed by atoms with E-state index < -0.39 is 24.5 Å². The lowest BCUT2D eigenvalue weighted by Gasteiger charge is -2.39. The monoisotopic (exact) mass is 695 g/mol. The van der Waals surface area contributed by atoms with Crippen LogP contribution in [0.5, 0.6) is 5.75 Å². The molecule has 12 heteroatoms. The second-order valence-corrected chi connectivity index (χ2v) is 12.0. The van der Waals surface area contributed by atoms with Crippen LogP contribution in [0.1, 0.15) is 55.3 Å². The van der Waals surface area contributed by atoms with Crippen LogP contribution >= 0.6 is 0 Å². The zero-order valence-corrected chi connectivity index (χ0v) is 28.3. The second-order valence-electron chi connectivity index (χ2n) is 12.0. The molecule has 0 amide bonds. The second kappa shape index (κ2) is 16.8. The van der Waals surface area contributed by atoms with Crippen LogP contribution in [0.15, 0.2) is 95.3 Å². The number of carbonyl (C=O) groups excluding carboxylic acids is 2. The first kappa shape index (κ1) is 36.6. The molecule has 3 aromatic carbocycles. The summed E-state index contributed by atoms with van der Waals surface area (Å²) >= 11 is 0. The van der Waals surface area contributed by atoms with Gasteiger partial charge < -0.3 is 19.5 Å². The first-order chi connectivity index (χ1) is 24.1. The Morgan fingerprint density at radius 3 is 1.86 bits per heavy atom. The fourth-order valence-corrected chi connectivity index (χ4v) is 6.69. The minimum Gasteiger partial charge on any atom is -0.466 e. The van der Waals surface area contributed by atoms with Gasteiger partial charge in [-0.15, -0.1) is 0 Å². The van der Waals surface area contributed by atoms with Gasteiger partial charge in [-0.05, 0) is 54.3 Å². The molecule has 0 saturated carbocycles. The molecule has 1 unspecified atom stereocenters. The minimum atomic E-state index is -3.12. The fraction of sp³-hybridized carbons (Fsp3) is 0.368. The number of ether oxygens (including phenoxy) is 3. The standard InChI is InChI=1S/C38H41F4N3O5/c1-4-29-33(36(46)48-3)32(28-8-6-7-9-31(28)50-38(41)42)34(30(5-2)43-29)37(47)49-23-22-44-18-20-45(21-19-44)35(24-10-14-26(39)15-11-24)25-12-16-27(40)17-13-25/h6-17,32,35,38,43H,4-5,18-23H2,1-3H3. The molecule has 266 valence electrons. The fourth-order valence-electron chi connectivity index (χ4n) is 6.69. The smallest absolute Gasteiger partial charge is 0.387 e. The van der Waals surface area contributed by atoms with Gasteiger partial charge in [-0.2, -0.15) is 8.78 Å². The van der Waals surface area contributed by atoms with E-state index in [1.807, 2.05) is 13.8 Å². The van der Waals surface area contributed by atoms with E-state index in [9.17, 15) is 27.2 Å². The van der Waals surface area contributed by atoms with E-state index in [2.05, 4.69) is 15.1 Å². The molecule has 5 rings (SSSR count). The van der Waals surface area contributed by atoms with Crippen molar-refractivity contribution >= 4 is 11.9 Å². The van der Waals surface area contributed by atoms with Gasteiger partial charge in [-0.25, -0.2) is 18.4 Å². The number of hydrogen-bond donors (Lipinski definition) is 1. The Kier molecular flexibility index (Phi) is 12.3. The highest BCUT2D eigenvalue weighted by Crippen LogP contribution is 2.44. The number of hydrogen-bond acceptors (Lipinski definition) is 8. The van der Waals surface area contributed by atoms with Gasteiger partial charge >= 0.3 is 18.6 Å². The molecule has 0 radical (unpaired) electrons. The number of para-hydroxylation sites is 1. The first-order valence-electron chi connectivity index (χ1n) is 16.6. The molecule has 2 heterocycles. The van der Waals surface area contributed by atoms with Gasteiger partial charge in [0.1, 0.15) is 24.0 Å². The molecule has 0 aliphatic carbocycles. The lowest BCUT2D eigenvalue weighted by Crippen LogP contribution is -2.48. The Hall–Kier alpha value is -4.68. The molecule has 2 aliphatic rings. The summed E-state index contributed by atoms with van der Waals surface area (Å²) in [4.78, 5) is 31.5. The SMILES string of the molecule is CCC1=C(C(=O)OC)C(c2ccccc2OC(F)F)C(C(=O)OCCN2CCN(C(c3ccc(F)cc3)c3ccc(F)cc3)CC2)=C(CC)N1. The van der Waals surface area contributed by atoms with E-state index in [4.69, 9.17) is 14.2 Å². The minimum absolute atomic E-state index is 0.0402. The van der Waals surface area contributed by atoms with Crippen molar-refractivity contribution in [2.24, 2.45) is 0 Å². The lowest BCUT2D eigenvalue weighted by molar-refractivity contribution is -0.140. The molecular weight excluding hydrogens is 654 g/mol. The number of alkyl halides is 2. The van der Waals surface area contributed by atoms with E-state index in [0.29, 0.717) is 57.0 Å². The highest BCUT2D eigenvalue weighted by atomic mass is 19.3. The summed E-state index contributed by atoms with van der Waals surface area (Å²) in [5.74, 6) is -3.30. The highest BCUT2D eigenvalue weighted by Gasteiger charge is 2.40. The molecule has 0 aromatic heterocycles. The van der Waals surface area contributed by atoms with Gasteiger partial charge in [0.05, 0.1) is 30.2 Å². The Labute approximate surface area is 289 Å². The number of rotatable bonds is 13. The Bertz CT molecular complexity index is 1660. The molecule has 8 nitrogen and oxygen atoms in total. The average Bonchev–Trinajstić information content (AvgIpc) is 3.12. The van der Waals surface area contributed by atoms with Crippen molar-refractivity contribution in [2.45, 2.75) is 45.3 Å². The van der Waals surface area contributed by atoms with Crippen molar-refractivity contribution in [2.75, 3.05) is 46.4 Å². The zero-order valence-electron chi connectivity index (χ0n) is 28.3. The summed E-state index contributed by atoms with van der Waals surface area (Å²) in [5, 5.41) is 3.21. The van der Waals surface area contributed by atoms with Crippen molar-refractivity contribution in [3.8, 4) is 5.75 Å². The van der Waals surface area contributed by atoms with Gasteiger partial charge in [-0.1, -0.05) is 56.3 Å².